The minimum Gasteiger partial charge on any atom is -0.477 e. The first-order valence-electron chi connectivity index (χ1n) is 9.86. The molecule has 0 unspecified atom stereocenters. The molecule has 0 saturated heterocycles. The summed E-state index contributed by atoms with van der Waals surface area (Å²) in [5.41, 5.74) is 4.20. The summed E-state index contributed by atoms with van der Waals surface area (Å²) in [4.78, 5) is 12.3. The number of halogens is 1. The Morgan fingerprint density at radius 3 is 2.68 bits per heavy atom. The molecule has 2 aromatic carbocycles. The fourth-order valence-corrected chi connectivity index (χ4v) is 4.49. The second-order valence-corrected chi connectivity index (χ2v) is 8.10. The van der Waals surface area contributed by atoms with Gasteiger partial charge in [-0.15, -0.1) is 0 Å². The number of benzene rings is 2. The molecule has 1 saturated carbocycles. The Bertz CT molecular complexity index is 1020. The predicted octanol–water partition coefficient (Wildman–Crippen LogP) is 5.38. The molecule has 0 radical (unpaired) electrons. The molecule has 28 heavy (non-hydrogen) atoms. The van der Waals surface area contributed by atoms with E-state index in [1.807, 2.05) is 47.9 Å². The summed E-state index contributed by atoms with van der Waals surface area (Å²) in [7, 11) is 0. The Kier molecular flexibility index (Phi) is 5.42. The van der Waals surface area contributed by atoms with Gasteiger partial charge in [0.25, 0.3) is 0 Å². The zero-order valence-corrected chi connectivity index (χ0v) is 16.8. The van der Waals surface area contributed by atoms with E-state index < -0.39 is 5.97 Å². The predicted molar refractivity (Wildman–Crippen MR) is 113 cm³/mol. The second-order valence-electron chi connectivity index (χ2n) is 7.69. The number of nitrogens with one attached hydrogen (secondary N) is 1. The maximum absolute atomic E-state index is 12.3. The number of rotatable bonds is 6. The van der Waals surface area contributed by atoms with Crippen molar-refractivity contribution in [1.29, 1.82) is 0 Å². The van der Waals surface area contributed by atoms with Crippen molar-refractivity contribution in [1.82, 2.24) is 9.88 Å². The molecule has 0 aliphatic heterocycles. The van der Waals surface area contributed by atoms with Gasteiger partial charge >= 0.3 is 5.97 Å². The molecule has 0 spiro atoms. The zero-order chi connectivity index (χ0) is 19.7. The van der Waals surface area contributed by atoms with Crippen LogP contribution in [0.3, 0.4) is 0 Å². The van der Waals surface area contributed by atoms with E-state index in [2.05, 4.69) is 11.4 Å². The summed E-state index contributed by atoms with van der Waals surface area (Å²) < 4.78 is 1.89. The zero-order valence-electron chi connectivity index (χ0n) is 16.0. The summed E-state index contributed by atoms with van der Waals surface area (Å²) in [5, 5.41) is 15.3. The number of aromatic nitrogens is 1. The first-order chi connectivity index (χ1) is 13.5. The second kappa shape index (κ2) is 7.98. The van der Waals surface area contributed by atoms with Crippen LogP contribution in [-0.4, -0.2) is 21.7 Å². The fraction of sp³-hybridized carbons (Fsp3) is 0.348. The third-order valence-electron chi connectivity index (χ3n) is 5.74. The lowest BCUT2D eigenvalue weighted by Gasteiger charge is -2.13. The van der Waals surface area contributed by atoms with Crippen molar-refractivity contribution in [2.75, 3.05) is 0 Å². The normalized spacial score (nSPS) is 14.8. The molecule has 1 heterocycles. The minimum absolute atomic E-state index is 0.353. The molecule has 0 amide bonds. The van der Waals surface area contributed by atoms with Crippen molar-refractivity contribution in [3.63, 3.8) is 0 Å². The molecule has 0 bridgehead atoms. The molecular weight excluding hydrogens is 372 g/mol. The van der Waals surface area contributed by atoms with Crippen LogP contribution < -0.4 is 5.32 Å². The van der Waals surface area contributed by atoms with Crippen molar-refractivity contribution in [3.05, 3.63) is 69.9 Å². The topological polar surface area (TPSA) is 54.3 Å². The first-order valence-corrected chi connectivity index (χ1v) is 10.2. The number of nitrogens with zero attached hydrogens (tertiary/aromatic N) is 1. The standard InChI is InChI=1S/C23H25ClN2O2/c1-15-10-11-21-18(12-15)19(13-25-17-7-3-4-8-17)22(23(27)28)26(21)14-16-6-2-5-9-20(16)24/h2,5-6,9-12,17,25H,3-4,7-8,13-14H2,1H3,(H,27,28). The molecule has 5 heteroatoms. The van der Waals surface area contributed by atoms with Gasteiger partial charge in [-0.05, 0) is 43.5 Å². The van der Waals surface area contributed by atoms with Gasteiger partial charge in [0.05, 0.1) is 0 Å². The minimum atomic E-state index is -0.899. The van der Waals surface area contributed by atoms with Gasteiger partial charge in [-0.2, -0.15) is 0 Å². The van der Waals surface area contributed by atoms with Gasteiger partial charge in [-0.1, -0.05) is 54.3 Å². The molecular formula is C23H25ClN2O2. The van der Waals surface area contributed by atoms with Gasteiger partial charge in [0, 0.05) is 40.6 Å². The lowest BCUT2D eigenvalue weighted by molar-refractivity contribution is 0.0684. The van der Waals surface area contributed by atoms with Crippen LogP contribution >= 0.6 is 11.6 Å². The van der Waals surface area contributed by atoms with Crippen LogP contribution in [0.2, 0.25) is 5.02 Å². The molecule has 1 aliphatic rings. The van der Waals surface area contributed by atoms with Gasteiger partial charge in [0.2, 0.25) is 0 Å². The van der Waals surface area contributed by atoms with E-state index in [0.29, 0.717) is 29.8 Å². The largest absolute Gasteiger partial charge is 0.477 e. The number of carboxylic acid groups (broad SMARTS) is 1. The smallest absolute Gasteiger partial charge is 0.352 e. The van der Waals surface area contributed by atoms with Crippen LogP contribution in [0.25, 0.3) is 10.9 Å². The summed E-state index contributed by atoms with van der Waals surface area (Å²) in [6.45, 7) is 3.05. The third kappa shape index (κ3) is 3.67. The number of hydrogen-bond donors (Lipinski definition) is 2. The van der Waals surface area contributed by atoms with E-state index in [1.165, 1.54) is 25.7 Å². The van der Waals surface area contributed by atoms with Crippen LogP contribution in [0, 0.1) is 6.92 Å². The van der Waals surface area contributed by atoms with Crippen molar-refractivity contribution < 1.29 is 9.90 Å². The number of fused-ring (bicyclic) bond motifs is 1. The third-order valence-corrected chi connectivity index (χ3v) is 6.10. The summed E-state index contributed by atoms with van der Waals surface area (Å²) >= 11 is 6.36. The van der Waals surface area contributed by atoms with E-state index in [1.54, 1.807) is 0 Å². The maximum Gasteiger partial charge on any atom is 0.352 e. The summed E-state index contributed by atoms with van der Waals surface area (Å²) in [5.74, 6) is -0.899. The van der Waals surface area contributed by atoms with E-state index in [4.69, 9.17) is 11.6 Å². The van der Waals surface area contributed by atoms with Crippen LogP contribution in [0.1, 0.15) is 52.9 Å². The number of aryl methyl sites for hydroxylation is 1. The van der Waals surface area contributed by atoms with Crippen LogP contribution in [0.15, 0.2) is 42.5 Å². The number of hydrogen-bond acceptors (Lipinski definition) is 2. The quantitative estimate of drug-likeness (QED) is 0.588. The Morgan fingerprint density at radius 2 is 1.96 bits per heavy atom. The molecule has 1 aliphatic carbocycles. The number of carbonyl (C=O) groups is 1. The monoisotopic (exact) mass is 396 g/mol. The van der Waals surface area contributed by atoms with E-state index in [-0.39, 0.29) is 0 Å². The molecule has 146 valence electrons. The maximum atomic E-state index is 12.3. The Labute approximate surface area is 170 Å². The summed E-state index contributed by atoms with van der Waals surface area (Å²) in [6, 6.07) is 14.2. The van der Waals surface area contributed by atoms with E-state index in [9.17, 15) is 9.90 Å². The van der Waals surface area contributed by atoms with Crippen molar-refractivity contribution >= 4 is 28.5 Å². The number of aromatic carboxylic acids is 1. The van der Waals surface area contributed by atoms with Crippen molar-refractivity contribution in [2.24, 2.45) is 0 Å². The molecule has 1 fully saturated rings. The highest BCUT2D eigenvalue weighted by molar-refractivity contribution is 6.31. The average Bonchev–Trinajstić information content (AvgIpc) is 3.28. The highest BCUT2D eigenvalue weighted by atomic mass is 35.5. The SMILES string of the molecule is Cc1ccc2c(c1)c(CNC1CCCC1)c(C(=O)O)n2Cc1ccccc1Cl. The first kappa shape index (κ1) is 19.0. The van der Waals surface area contributed by atoms with Gasteiger partial charge in [-0.3, -0.25) is 0 Å². The van der Waals surface area contributed by atoms with Gasteiger partial charge in [0.15, 0.2) is 0 Å². The molecule has 0 atom stereocenters. The lowest BCUT2D eigenvalue weighted by Crippen LogP contribution is -2.26. The van der Waals surface area contributed by atoms with Crippen LogP contribution in [-0.2, 0) is 13.1 Å². The van der Waals surface area contributed by atoms with Crippen LogP contribution in [0.5, 0.6) is 0 Å². The molecule has 4 nitrogen and oxygen atoms in total. The van der Waals surface area contributed by atoms with Crippen LogP contribution in [0.4, 0.5) is 0 Å². The molecule has 4 rings (SSSR count). The fourth-order valence-electron chi connectivity index (χ4n) is 4.30. The highest BCUT2D eigenvalue weighted by Gasteiger charge is 2.24. The Hall–Kier alpha value is -2.30. The van der Waals surface area contributed by atoms with E-state index >= 15 is 0 Å². The van der Waals surface area contributed by atoms with Gasteiger partial charge in [-0.25, -0.2) is 4.79 Å². The average molecular weight is 397 g/mol. The molecule has 1 aromatic heterocycles. The Balaban J connectivity index is 1.82. The lowest BCUT2D eigenvalue weighted by atomic mass is 10.1. The number of carboxylic acids is 1. The highest BCUT2D eigenvalue weighted by Crippen LogP contribution is 2.30. The molecule has 3 aromatic rings. The summed E-state index contributed by atoms with van der Waals surface area (Å²) in [6.07, 6.45) is 4.83. The van der Waals surface area contributed by atoms with Gasteiger partial charge in [0.1, 0.15) is 5.69 Å². The van der Waals surface area contributed by atoms with Gasteiger partial charge < -0.3 is 15.0 Å². The molecule has 2 N–H and O–H groups in total. The van der Waals surface area contributed by atoms with E-state index in [0.717, 1.165) is 27.6 Å². The van der Waals surface area contributed by atoms with Crippen molar-refractivity contribution in [3.8, 4) is 0 Å². The van der Waals surface area contributed by atoms with Crippen molar-refractivity contribution in [2.45, 2.75) is 51.7 Å². The Morgan fingerprint density at radius 1 is 1.21 bits per heavy atom.